The molecule has 1 aromatic heterocycles. The van der Waals surface area contributed by atoms with Crippen LogP contribution in [0.1, 0.15) is 44.0 Å². The molecular weight excluding hydrogens is 945 g/mol. The first kappa shape index (κ1) is 46.7. The Hall–Kier alpha value is -2.40. The van der Waals surface area contributed by atoms with Crippen LogP contribution in [-0.4, -0.2) is 58.2 Å². The standard InChI is InChI=1S/C25H25Cl2F3N3O20P5/c1-24(2)13-7-11(3-5-16(13)31-17-8-15(26)21(34)20(27)19(17)24)49-55(39,40)51-57(43,44)53-58(45,46)52-56(41,42)50-54(37,38)47-10-12-4-6-18(48-12)33-9-14(25(28,29)30)22(35)32-23(33)36/h3,5,7-9,12,18H,4,6,10H2,1-2H3,(H,37,38)(H,39,40)(H,41,42)(H,43,44)(H,45,46)(H,32,35,36)/t12-,18+/m0/s1. The molecule has 23 nitrogen and oxygen atoms in total. The van der Waals surface area contributed by atoms with Crippen molar-refractivity contribution >= 4 is 79.5 Å². The van der Waals surface area contributed by atoms with E-state index in [-0.39, 0.29) is 51.6 Å². The van der Waals surface area contributed by atoms with Gasteiger partial charge in [-0.1, -0.05) is 37.0 Å². The number of nitrogens with zero attached hydrogens (tertiary/aromatic N) is 2. The summed E-state index contributed by atoms with van der Waals surface area (Å²) in [5.74, 6) is -1.24. The number of phosphoric acid groups is 5. The zero-order valence-corrected chi connectivity index (χ0v) is 34.5. The molecule has 3 aliphatic rings. The van der Waals surface area contributed by atoms with Gasteiger partial charge < -0.3 is 28.8 Å². The quantitative estimate of drug-likeness (QED) is 0.101. The van der Waals surface area contributed by atoms with E-state index >= 15 is 0 Å². The molecule has 33 heteroatoms. The van der Waals surface area contributed by atoms with Crippen molar-refractivity contribution < 1.29 is 96.3 Å². The first-order chi connectivity index (χ1) is 26.3. The van der Waals surface area contributed by atoms with Crippen molar-refractivity contribution in [2.75, 3.05) is 6.61 Å². The van der Waals surface area contributed by atoms with E-state index in [0.717, 1.165) is 12.1 Å². The Kier molecular flexibility index (Phi) is 13.0. The van der Waals surface area contributed by atoms with Gasteiger partial charge in [-0.3, -0.25) is 28.6 Å². The van der Waals surface area contributed by atoms with Gasteiger partial charge in [0.25, 0.3) is 5.56 Å². The number of aliphatic imine (C=N–C) groups is 1. The number of ketones is 1. The lowest BCUT2D eigenvalue weighted by Gasteiger charge is -2.36. The van der Waals surface area contributed by atoms with E-state index in [0.29, 0.717) is 4.57 Å². The molecule has 3 heterocycles. The van der Waals surface area contributed by atoms with Crippen LogP contribution in [0.5, 0.6) is 5.75 Å². The number of alkyl halides is 3. The van der Waals surface area contributed by atoms with Crippen LogP contribution in [0.4, 0.5) is 18.9 Å². The SMILES string of the molecule is CC1(C)C2=C(Cl)C(=O)C(Cl)=CC2=Nc2ccc(OP(=O)(O)OP(=O)(O)OP(=O)(O)OP(=O)(O)OP(=O)(O)OC[C@@H]3CC[C@H](n4cc(C(F)(F)F)c(=O)[nH]c4=O)O3)cc21. The number of fused-ring (bicyclic) bond motifs is 2. The number of phosphoric ester groups is 2. The number of carbonyl (C=O) groups is 1. The number of rotatable bonds is 14. The number of hydrogen-bond acceptors (Lipinski definition) is 16. The monoisotopic (exact) mass is 969 g/mol. The van der Waals surface area contributed by atoms with E-state index in [1.54, 1.807) is 13.8 Å². The number of allylic oxidation sites excluding steroid dienone is 4. The number of aromatic amines is 1. The Balaban J connectivity index is 1.18. The van der Waals surface area contributed by atoms with Gasteiger partial charge in [0.1, 0.15) is 17.5 Å². The summed E-state index contributed by atoms with van der Waals surface area (Å²) in [6, 6.07) is 3.41. The van der Waals surface area contributed by atoms with Crippen molar-refractivity contribution in [1.29, 1.82) is 0 Å². The molecule has 2 aliphatic heterocycles. The third-order valence-corrected chi connectivity index (χ3v) is 16.0. The zero-order valence-electron chi connectivity index (χ0n) is 28.5. The van der Waals surface area contributed by atoms with Crippen LogP contribution in [0, 0.1) is 0 Å². The predicted octanol–water partition coefficient (Wildman–Crippen LogP) is 5.46. The third kappa shape index (κ3) is 10.9. The minimum Gasteiger partial charge on any atom is -0.404 e. The van der Waals surface area contributed by atoms with E-state index in [2.05, 4.69) is 26.8 Å². The lowest BCUT2D eigenvalue weighted by Crippen LogP contribution is -2.36. The minimum absolute atomic E-state index is 0.180. The Labute approximate surface area is 330 Å². The molecule has 1 aliphatic carbocycles. The summed E-state index contributed by atoms with van der Waals surface area (Å²) >= 11 is 12.2. The first-order valence-corrected chi connectivity index (χ1v) is 23.5. The third-order valence-electron chi connectivity index (χ3n) is 7.80. The van der Waals surface area contributed by atoms with Crippen LogP contribution in [0.15, 0.2) is 60.7 Å². The lowest BCUT2D eigenvalue weighted by atomic mass is 9.71. The Morgan fingerprint density at radius 3 is 2.07 bits per heavy atom. The largest absolute Gasteiger partial charge is 0.536 e. The average Bonchev–Trinajstić information content (AvgIpc) is 3.48. The molecule has 0 bridgehead atoms. The maximum absolute atomic E-state index is 13.1. The van der Waals surface area contributed by atoms with Crippen molar-refractivity contribution in [2.24, 2.45) is 4.99 Å². The number of nitrogens with one attached hydrogen (secondary N) is 1. The molecule has 0 spiro atoms. The Morgan fingerprint density at radius 2 is 1.48 bits per heavy atom. The fourth-order valence-electron chi connectivity index (χ4n) is 5.54. The van der Waals surface area contributed by atoms with Gasteiger partial charge in [-0.2, -0.15) is 30.4 Å². The van der Waals surface area contributed by atoms with E-state index < -0.39 is 98.0 Å². The highest BCUT2D eigenvalue weighted by atomic mass is 35.5. The van der Waals surface area contributed by atoms with Gasteiger partial charge in [0.05, 0.1) is 34.2 Å². The molecule has 7 atom stereocenters. The number of carbonyl (C=O) groups excluding carboxylic acids is 1. The summed E-state index contributed by atoms with van der Waals surface area (Å²) in [5, 5.41) is -0.472. The van der Waals surface area contributed by atoms with Gasteiger partial charge in [0.2, 0.25) is 5.78 Å². The van der Waals surface area contributed by atoms with E-state index in [1.807, 2.05) is 0 Å². The van der Waals surface area contributed by atoms with Crippen LogP contribution in [0.2, 0.25) is 0 Å². The number of halogens is 5. The highest BCUT2D eigenvalue weighted by Crippen LogP contribution is 2.73. The molecule has 1 fully saturated rings. The van der Waals surface area contributed by atoms with Crippen molar-refractivity contribution in [3.8, 4) is 5.75 Å². The number of benzene rings is 1. The average molecular weight is 970 g/mol. The molecule has 58 heavy (non-hydrogen) atoms. The second-order valence-electron chi connectivity index (χ2n) is 12.4. The van der Waals surface area contributed by atoms with Gasteiger partial charge in [0, 0.05) is 17.2 Å². The normalized spacial score (nSPS) is 24.5. The summed E-state index contributed by atoms with van der Waals surface area (Å²) in [4.78, 5) is 91.4. The van der Waals surface area contributed by atoms with Gasteiger partial charge in [-0.25, -0.2) is 32.6 Å². The summed E-state index contributed by atoms with van der Waals surface area (Å²) in [7, 11) is -30.8. The maximum Gasteiger partial charge on any atom is 0.536 e. The number of Topliss-reactive ketones (excluding diaryl/α,β-unsaturated/α-hetero) is 1. The fourth-order valence-corrected chi connectivity index (χ4v) is 12.6. The molecular formula is C25H25Cl2F3N3O20P5. The van der Waals surface area contributed by atoms with E-state index in [1.165, 1.54) is 17.1 Å². The Morgan fingerprint density at radius 1 is 0.914 bits per heavy atom. The second kappa shape index (κ2) is 16.1. The number of aromatic nitrogens is 2. The molecule has 5 rings (SSSR count). The number of ether oxygens (including phenoxy) is 1. The topological polar surface area (TPSA) is 335 Å². The molecule has 1 saturated heterocycles. The van der Waals surface area contributed by atoms with Gasteiger partial charge >= 0.3 is 51.0 Å². The molecule has 0 saturated carbocycles. The van der Waals surface area contributed by atoms with Crippen LogP contribution < -0.4 is 15.8 Å². The van der Waals surface area contributed by atoms with Crippen molar-refractivity contribution in [3.05, 3.63) is 78.1 Å². The highest BCUT2D eigenvalue weighted by molar-refractivity contribution is 7.71. The molecule has 0 radical (unpaired) electrons. The minimum atomic E-state index is -6.45. The van der Waals surface area contributed by atoms with Crippen LogP contribution >= 0.6 is 62.3 Å². The molecule has 320 valence electrons. The summed E-state index contributed by atoms with van der Waals surface area (Å²) in [5.41, 5.74) is -4.95. The molecule has 6 N–H and O–H groups in total. The van der Waals surface area contributed by atoms with Crippen molar-refractivity contribution in [3.63, 3.8) is 0 Å². The van der Waals surface area contributed by atoms with Crippen LogP contribution in [0.25, 0.3) is 0 Å². The van der Waals surface area contributed by atoms with Crippen molar-refractivity contribution in [2.45, 2.75) is 50.6 Å². The highest BCUT2D eigenvalue weighted by Gasteiger charge is 2.49. The van der Waals surface area contributed by atoms with Crippen LogP contribution in [-0.2, 0) is 65.7 Å². The maximum atomic E-state index is 13.1. The smallest absolute Gasteiger partial charge is 0.404 e. The summed E-state index contributed by atoms with van der Waals surface area (Å²) in [6.07, 6.45) is -6.87. The van der Waals surface area contributed by atoms with E-state index in [9.17, 15) is 74.8 Å². The van der Waals surface area contributed by atoms with Gasteiger partial charge in [0.15, 0.2) is 0 Å². The first-order valence-electron chi connectivity index (χ1n) is 15.3. The number of H-pyrrole nitrogens is 1. The van der Waals surface area contributed by atoms with Crippen LogP contribution in [0.3, 0.4) is 0 Å². The zero-order chi connectivity index (χ0) is 43.6. The molecule has 2 aromatic rings. The lowest BCUT2D eigenvalue weighted by molar-refractivity contribution is -0.139. The van der Waals surface area contributed by atoms with Crippen molar-refractivity contribution in [1.82, 2.24) is 9.55 Å². The summed E-state index contributed by atoms with van der Waals surface area (Å²) < 4.78 is 131. The second-order valence-corrected chi connectivity index (χ2v) is 20.9. The van der Waals surface area contributed by atoms with E-state index in [4.69, 9.17) is 32.5 Å². The molecule has 5 unspecified atom stereocenters. The van der Waals surface area contributed by atoms with Gasteiger partial charge in [-0.05, 0) is 42.7 Å². The number of hydrogen-bond donors (Lipinski definition) is 6. The summed E-state index contributed by atoms with van der Waals surface area (Å²) in [6.45, 7) is 2.15. The fraction of sp³-hybridized carbons (Fsp3) is 0.360. The van der Waals surface area contributed by atoms with Gasteiger partial charge in [-0.15, -0.1) is 0 Å². The molecule has 1 aromatic carbocycles. The predicted molar refractivity (Wildman–Crippen MR) is 188 cm³/mol. The molecule has 0 amide bonds. The Bertz CT molecular complexity index is 2540.